The molecule has 4 heteroatoms. The molecular weight excluding hydrogens is 508 g/mol. The van der Waals surface area contributed by atoms with Crippen molar-refractivity contribution in [3.8, 4) is 0 Å². The lowest BCUT2D eigenvalue weighted by Gasteiger charge is -2.18. The molecule has 0 bridgehead atoms. The third-order valence-electron chi connectivity index (χ3n) is 7.63. The summed E-state index contributed by atoms with van der Waals surface area (Å²) in [6, 6.07) is 0. The van der Waals surface area contributed by atoms with Crippen LogP contribution in [0.5, 0.6) is 0 Å². The highest BCUT2D eigenvalue weighted by atomic mass is 16.5. The Kier molecular flexibility index (Phi) is 31.2. The highest BCUT2D eigenvalue weighted by Gasteiger charge is 2.14. The summed E-state index contributed by atoms with van der Waals surface area (Å²) in [6.07, 6.45) is 41.7. The Hall–Kier alpha value is -1.84. The molecule has 238 valence electrons. The van der Waals surface area contributed by atoms with E-state index in [0.717, 1.165) is 89.9 Å². The minimum absolute atomic E-state index is 0.00344. The summed E-state index contributed by atoms with van der Waals surface area (Å²) < 4.78 is 5.94. The Morgan fingerprint density at radius 3 is 1.59 bits per heavy atom. The highest BCUT2D eigenvalue weighted by molar-refractivity contribution is 5.69. The van der Waals surface area contributed by atoms with Crippen LogP contribution < -0.4 is 0 Å². The molecule has 0 aromatic rings. The number of aliphatic carboxylic acids is 1. The van der Waals surface area contributed by atoms with Gasteiger partial charge in [0.2, 0.25) is 0 Å². The Balaban J connectivity index is 3.88. The summed E-state index contributed by atoms with van der Waals surface area (Å²) in [7, 11) is 0. The third-order valence-corrected chi connectivity index (χ3v) is 7.63. The van der Waals surface area contributed by atoms with Crippen LogP contribution in [0.2, 0.25) is 0 Å². The number of rotatable bonds is 31. The van der Waals surface area contributed by atoms with E-state index in [4.69, 9.17) is 9.84 Å². The van der Waals surface area contributed by atoms with Gasteiger partial charge in [-0.25, -0.2) is 0 Å². The minimum Gasteiger partial charge on any atom is -0.481 e. The number of carboxylic acid groups (broad SMARTS) is 1. The summed E-state index contributed by atoms with van der Waals surface area (Å²) in [6.45, 7) is 4.40. The molecule has 1 unspecified atom stereocenters. The van der Waals surface area contributed by atoms with Crippen LogP contribution in [0, 0.1) is 0 Å². The number of allylic oxidation sites excluding steroid dienone is 6. The zero-order valence-electron chi connectivity index (χ0n) is 27.1. The number of ether oxygens (including phenoxy) is 1. The van der Waals surface area contributed by atoms with Crippen LogP contribution in [0.15, 0.2) is 36.5 Å². The standard InChI is InChI=1S/C37H66O4/c1-3-5-7-9-10-11-12-13-14-15-16-17-18-19-20-26-30-34-37(40)41-35(31-27-23-8-6-4-2)32-28-24-21-22-25-29-33-36(38)39/h5,7,10-11,13-14,35H,3-4,6,8-9,12,15-34H2,1-2H3,(H,38,39)/b7-5-,11-10-,14-13-. The number of carboxylic acids is 1. The van der Waals surface area contributed by atoms with Crippen molar-refractivity contribution in [2.45, 2.75) is 187 Å². The fraction of sp³-hybridized carbons (Fsp3) is 0.784. The fourth-order valence-electron chi connectivity index (χ4n) is 5.08. The SMILES string of the molecule is CC/C=C\C/C=C\C/C=C\CCCCCCCCCC(=O)OC(CCCCCCC)CCCCCCCCC(=O)O. The van der Waals surface area contributed by atoms with Gasteiger partial charge < -0.3 is 9.84 Å². The van der Waals surface area contributed by atoms with E-state index in [-0.39, 0.29) is 18.5 Å². The lowest BCUT2D eigenvalue weighted by atomic mass is 10.0. The maximum atomic E-state index is 12.5. The number of esters is 1. The van der Waals surface area contributed by atoms with Crippen molar-refractivity contribution in [3.05, 3.63) is 36.5 Å². The molecule has 0 radical (unpaired) electrons. The summed E-state index contributed by atoms with van der Waals surface area (Å²) >= 11 is 0. The molecule has 0 heterocycles. The van der Waals surface area contributed by atoms with Gasteiger partial charge in [-0.1, -0.05) is 134 Å². The van der Waals surface area contributed by atoms with Gasteiger partial charge in [0.15, 0.2) is 0 Å². The van der Waals surface area contributed by atoms with E-state index in [1.807, 2.05) is 0 Å². The number of hydrogen-bond acceptors (Lipinski definition) is 3. The normalized spacial score (nSPS) is 12.6. The van der Waals surface area contributed by atoms with Gasteiger partial charge in [0.05, 0.1) is 0 Å². The second-order valence-corrected chi connectivity index (χ2v) is 11.7. The van der Waals surface area contributed by atoms with Crippen LogP contribution in [-0.2, 0) is 14.3 Å². The Labute approximate surface area is 254 Å². The molecule has 1 N–H and O–H groups in total. The monoisotopic (exact) mass is 574 g/mol. The predicted molar refractivity (Wildman–Crippen MR) is 176 cm³/mol. The van der Waals surface area contributed by atoms with E-state index < -0.39 is 5.97 Å². The first kappa shape index (κ1) is 39.2. The van der Waals surface area contributed by atoms with Crippen molar-refractivity contribution >= 4 is 11.9 Å². The van der Waals surface area contributed by atoms with Gasteiger partial charge >= 0.3 is 11.9 Å². The molecule has 1 atom stereocenters. The average Bonchev–Trinajstić information content (AvgIpc) is 2.95. The first-order valence-electron chi connectivity index (χ1n) is 17.5. The van der Waals surface area contributed by atoms with E-state index in [9.17, 15) is 9.59 Å². The molecule has 0 spiro atoms. The fourth-order valence-corrected chi connectivity index (χ4v) is 5.08. The second kappa shape index (κ2) is 32.7. The molecule has 0 amide bonds. The average molecular weight is 575 g/mol. The zero-order chi connectivity index (χ0) is 30.1. The molecule has 0 aromatic carbocycles. The van der Waals surface area contributed by atoms with Crippen molar-refractivity contribution in [1.82, 2.24) is 0 Å². The quantitative estimate of drug-likeness (QED) is 0.0508. The smallest absolute Gasteiger partial charge is 0.306 e. The third kappa shape index (κ3) is 32.5. The van der Waals surface area contributed by atoms with Gasteiger partial charge in [-0.05, 0) is 70.6 Å². The van der Waals surface area contributed by atoms with Gasteiger partial charge in [0, 0.05) is 12.8 Å². The number of carbonyl (C=O) groups is 2. The lowest BCUT2D eigenvalue weighted by molar-refractivity contribution is -0.150. The lowest BCUT2D eigenvalue weighted by Crippen LogP contribution is -2.18. The summed E-state index contributed by atoms with van der Waals surface area (Å²) in [5.74, 6) is -0.699. The molecular formula is C37H66O4. The summed E-state index contributed by atoms with van der Waals surface area (Å²) in [5, 5.41) is 8.73. The van der Waals surface area contributed by atoms with Gasteiger partial charge in [0.1, 0.15) is 6.10 Å². The maximum Gasteiger partial charge on any atom is 0.306 e. The van der Waals surface area contributed by atoms with Crippen LogP contribution in [-0.4, -0.2) is 23.1 Å². The Morgan fingerprint density at radius 2 is 1.02 bits per heavy atom. The molecule has 0 aliphatic carbocycles. The topological polar surface area (TPSA) is 63.6 Å². The van der Waals surface area contributed by atoms with Crippen LogP contribution >= 0.6 is 0 Å². The molecule has 0 rings (SSSR count). The maximum absolute atomic E-state index is 12.5. The number of unbranched alkanes of at least 4 members (excludes halogenated alkanes) is 16. The zero-order valence-corrected chi connectivity index (χ0v) is 27.1. The van der Waals surface area contributed by atoms with Crippen LogP contribution in [0.4, 0.5) is 0 Å². The number of hydrogen-bond donors (Lipinski definition) is 1. The van der Waals surface area contributed by atoms with Crippen LogP contribution in [0.1, 0.15) is 181 Å². The van der Waals surface area contributed by atoms with Gasteiger partial charge in [-0.2, -0.15) is 0 Å². The number of carbonyl (C=O) groups excluding carboxylic acids is 1. The molecule has 0 fully saturated rings. The van der Waals surface area contributed by atoms with E-state index >= 15 is 0 Å². The van der Waals surface area contributed by atoms with Crippen molar-refractivity contribution in [1.29, 1.82) is 0 Å². The van der Waals surface area contributed by atoms with Gasteiger partial charge in [-0.15, -0.1) is 0 Å². The molecule has 0 aromatic heterocycles. The first-order valence-corrected chi connectivity index (χ1v) is 17.5. The largest absolute Gasteiger partial charge is 0.481 e. The predicted octanol–water partition coefficient (Wildman–Crippen LogP) is 11.8. The summed E-state index contributed by atoms with van der Waals surface area (Å²) in [4.78, 5) is 23.1. The van der Waals surface area contributed by atoms with Crippen molar-refractivity contribution in [2.75, 3.05) is 0 Å². The van der Waals surface area contributed by atoms with E-state index in [1.54, 1.807) is 0 Å². The Morgan fingerprint density at radius 1 is 0.561 bits per heavy atom. The van der Waals surface area contributed by atoms with Crippen molar-refractivity contribution in [3.63, 3.8) is 0 Å². The van der Waals surface area contributed by atoms with Crippen molar-refractivity contribution in [2.24, 2.45) is 0 Å². The highest BCUT2D eigenvalue weighted by Crippen LogP contribution is 2.18. The van der Waals surface area contributed by atoms with Crippen LogP contribution in [0.3, 0.4) is 0 Å². The molecule has 0 saturated heterocycles. The molecule has 0 aliphatic rings. The van der Waals surface area contributed by atoms with Gasteiger partial charge in [0.25, 0.3) is 0 Å². The van der Waals surface area contributed by atoms with E-state index in [2.05, 4.69) is 50.3 Å². The minimum atomic E-state index is -0.696. The van der Waals surface area contributed by atoms with Gasteiger partial charge in [-0.3, -0.25) is 9.59 Å². The van der Waals surface area contributed by atoms with Crippen LogP contribution in [0.25, 0.3) is 0 Å². The van der Waals surface area contributed by atoms with Crippen molar-refractivity contribution < 1.29 is 19.4 Å². The first-order chi connectivity index (χ1) is 20.1. The molecule has 4 nitrogen and oxygen atoms in total. The van der Waals surface area contributed by atoms with E-state index in [1.165, 1.54) is 64.2 Å². The molecule has 0 saturated carbocycles. The van der Waals surface area contributed by atoms with E-state index in [0.29, 0.717) is 6.42 Å². The second-order valence-electron chi connectivity index (χ2n) is 11.7. The summed E-state index contributed by atoms with van der Waals surface area (Å²) in [5.41, 5.74) is 0. The molecule has 0 aliphatic heterocycles. The Bertz CT molecular complexity index is 664. The molecule has 41 heavy (non-hydrogen) atoms.